The highest BCUT2D eigenvalue weighted by Gasteiger charge is 2.15. The summed E-state index contributed by atoms with van der Waals surface area (Å²) in [5.74, 6) is 0.222. The highest BCUT2D eigenvalue weighted by Crippen LogP contribution is 2.14. The van der Waals surface area contributed by atoms with Crippen LogP contribution in [0.25, 0.3) is 10.8 Å². The summed E-state index contributed by atoms with van der Waals surface area (Å²) in [6.07, 6.45) is 2.25. The van der Waals surface area contributed by atoms with Gasteiger partial charge in [-0.2, -0.15) is 10.2 Å². The molecule has 27 heavy (non-hydrogen) atoms. The molecule has 1 aromatic heterocycles. The van der Waals surface area contributed by atoms with Crippen molar-refractivity contribution in [2.24, 2.45) is 5.10 Å². The van der Waals surface area contributed by atoms with Gasteiger partial charge in [0.1, 0.15) is 5.75 Å². The third-order valence-electron chi connectivity index (χ3n) is 3.99. The number of aryl methyl sites for hydroxylation is 1. The summed E-state index contributed by atoms with van der Waals surface area (Å²) in [4.78, 5) is 25.1. The molecule has 0 saturated heterocycles. The molecule has 0 unspecified atom stereocenters. The molecule has 0 aliphatic carbocycles. The first-order valence-corrected chi connectivity index (χ1v) is 8.61. The lowest BCUT2D eigenvalue weighted by atomic mass is 10.1. The standard InChI is InChI=1S/C20H20N4O3/c1-3-11-24-20(26)17-10-5-4-9-16(17)18(23-24)19(25)22-21-13-14-7-6-8-15(12-14)27-2/h4-10,12-13H,3,11H2,1-2H3,(H,22,25). The molecule has 0 spiro atoms. The zero-order valence-electron chi connectivity index (χ0n) is 15.2. The lowest BCUT2D eigenvalue weighted by Crippen LogP contribution is -2.29. The molecule has 0 saturated carbocycles. The highest BCUT2D eigenvalue weighted by molar-refractivity contribution is 6.04. The fourth-order valence-electron chi connectivity index (χ4n) is 2.71. The van der Waals surface area contributed by atoms with Crippen LogP contribution >= 0.6 is 0 Å². The Hall–Kier alpha value is -3.48. The smallest absolute Gasteiger partial charge is 0.292 e. The predicted octanol–water partition coefficient (Wildman–Crippen LogP) is 2.58. The monoisotopic (exact) mass is 364 g/mol. The molecule has 3 rings (SSSR count). The zero-order valence-corrected chi connectivity index (χ0v) is 15.2. The number of aromatic nitrogens is 2. The number of hydrogen-bond acceptors (Lipinski definition) is 5. The van der Waals surface area contributed by atoms with Crippen molar-refractivity contribution in [3.05, 3.63) is 70.1 Å². The lowest BCUT2D eigenvalue weighted by molar-refractivity contribution is 0.0949. The number of carbonyl (C=O) groups is 1. The summed E-state index contributed by atoms with van der Waals surface area (Å²) in [6.45, 7) is 2.39. The number of amides is 1. The van der Waals surface area contributed by atoms with Gasteiger partial charge in [-0.15, -0.1) is 0 Å². The summed E-state index contributed by atoms with van der Waals surface area (Å²) < 4.78 is 6.48. The van der Waals surface area contributed by atoms with Gasteiger partial charge >= 0.3 is 0 Å². The number of hydrazone groups is 1. The van der Waals surface area contributed by atoms with Gasteiger partial charge in [-0.3, -0.25) is 9.59 Å². The van der Waals surface area contributed by atoms with Gasteiger partial charge in [0.2, 0.25) is 0 Å². The van der Waals surface area contributed by atoms with Crippen LogP contribution in [-0.2, 0) is 6.54 Å². The summed E-state index contributed by atoms with van der Waals surface area (Å²) in [7, 11) is 1.58. The van der Waals surface area contributed by atoms with Crippen LogP contribution in [0.15, 0.2) is 58.4 Å². The number of hydrogen-bond donors (Lipinski definition) is 1. The second-order valence-corrected chi connectivity index (χ2v) is 5.90. The summed E-state index contributed by atoms with van der Waals surface area (Å²) in [6, 6.07) is 14.2. The molecule has 1 amide bonds. The first-order chi connectivity index (χ1) is 13.1. The number of rotatable bonds is 6. The van der Waals surface area contributed by atoms with Crippen molar-refractivity contribution in [2.75, 3.05) is 7.11 Å². The maximum absolute atomic E-state index is 12.6. The molecule has 0 atom stereocenters. The summed E-state index contributed by atoms with van der Waals surface area (Å²) in [5, 5.41) is 9.20. The maximum Gasteiger partial charge on any atom is 0.292 e. The number of nitrogens with zero attached hydrogens (tertiary/aromatic N) is 3. The molecule has 0 fully saturated rings. The molecule has 0 bridgehead atoms. The van der Waals surface area contributed by atoms with Gasteiger partial charge in [0.15, 0.2) is 5.69 Å². The van der Waals surface area contributed by atoms with Crippen LogP contribution in [0, 0.1) is 0 Å². The Kier molecular flexibility index (Phi) is 5.61. The van der Waals surface area contributed by atoms with Gasteiger partial charge in [-0.1, -0.05) is 37.3 Å². The molecule has 3 aromatic rings. The van der Waals surface area contributed by atoms with Gasteiger partial charge in [-0.25, -0.2) is 10.1 Å². The van der Waals surface area contributed by atoms with Crippen LogP contribution in [0.4, 0.5) is 0 Å². The number of methoxy groups -OCH3 is 1. The Balaban J connectivity index is 1.90. The van der Waals surface area contributed by atoms with Crippen molar-refractivity contribution >= 4 is 22.9 Å². The Bertz CT molecular complexity index is 1060. The summed E-state index contributed by atoms with van der Waals surface area (Å²) in [5.41, 5.74) is 3.22. The van der Waals surface area contributed by atoms with Gasteiger partial charge in [0, 0.05) is 11.9 Å². The average molecular weight is 364 g/mol. The molecular weight excluding hydrogens is 344 g/mol. The minimum Gasteiger partial charge on any atom is -0.497 e. The van der Waals surface area contributed by atoms with E-state index in [0.717, 1.165) is 12.0 Å². The topological polar surface area (TPSA) is 85.6 Å². The van der Waals surface area contributed by atoms with Gasteiger partial charge < -0.3 is 4.74 Å². The molecule has 0 aliphatic rings. The largest absolute Gasteiger partial charge is 0.497 e. The van der Waals surface area contributed by atoms with Gasteiger partial charge in [0.25, 0.3) is 11.5 Å². The molecule has 1 N–H and O–H groups in total. The molecular formula is C20H20N4O3. The Morgan fingerprint density at radius 3 is 2.74 bits per heavy atom. The Morgan fingerprint density at radius 1 is 1.22 bits per heavy atom. The minimum atomic E-state index is -0.477. The summed E-state index contributed by atoms with van der Waals surface area (Å²) >= 11 is 0. The average Bonchev–Trinajstić information content (AvgIpc) is 2.70. The second-order valence-electron chi connectivity index (χ2n) is 5.90. The van der Waals surface area contributed by atoms with Crippen LogP contribution in [0.5, 0.6) is 5.75 Å². The van der Waals surface area contributed by atoms with Crippen LogP contribution in [0.3, 0.4) is 0 Å². The van der Waals surface area contributed by atoms with Gasteiger partial charge in [-0.05, 0) is 30.2 Å². The Labute approximate surface area is 156 Å². The van der Waals surface area contributed by atoms with Crippen molar-refractivity contribution in [2.45, 2.75) is 19.9 Å². The molecule has 7 nitrogen and oxygen atoms in total. The number of fused-ring (bicyclic) bond motifs is 1. The van der Waals surface area contributed by atoms with E-state index in [-0.39, 0.29) is 11.3 Å². The molecule has 0 radical (unpaired) electrons. The fourth-order valence-corrected chi connectivity index (χ4v) is 2.71. The van der Waals surface area contributed by atoms with E-state index in [2.05, 4.69) is 15.6 Å². The van der Waals surface area contributed by atoms with E-state index in [9.17, 15) is 9.59 Å². The predicted molar refractivity (Wildman–Crippen MR) is 104 cm³/mol. The highest BCUT2D eigenvalue weighted by atomic mass is 16.5. The van der Waals surface area contributed by atoms with E-state index in [1.54, 1.807) is 37.4 Å². The molecule has 2 aromatic carbocycles. The number of nitrogens with one attached hydrogen (secondary N) is 1. The fraction of sp³-hybridized carbons (Fsp3) is 0.200. The van der Waals surface area contributed by atoms with E-state index in [1.165, 1.54) is 10.9 Å². The van der Waals surface area contributed by atoms with E-state index in [4.69, 9.17) is 4.74 Å². The molecule has 0 aliphatic heterocycles. The third kappa shape index (κ3) is 4.03. The molecule has 1 heterocycles. The van der Waals surface area contributed by atoms with Crippen LogP contribution in [0.1, 0.15) is 29.4 Å². The normalized spacial score (nSPS) is 11.0. The first kappa shape index (κ1) is 18.3. The molecule has 138 valence electrons. The van der Waals surface area contributed by atoms with Crippen LogP contribution < -0.4 is 15.7 Å². The van der Waals surface area contributed by atoms with E-state index in [1.807, 2.05) is 25.1 Å². The van der Waals surface area contributed by atoms with E-state index < -0.39 is 5.91 Å². The van der Waals surface area contributed by atoms with E-state index >= 15 is 0 Å². The van der Waals surface area contributed by atoms with Crippen molar-refractivity contribution in [3.8, 4) is 5.75 Å². The number of ether oxygens (including phenoxy) is 1. The Morgan fingerprint density at radius 2 is 2.00 bits per heavy atom. The number of carbonyl (C=O) groups excluding carboxylic acids is 1. The van der Waals surface area contributed by atoms with Crippen LogP contribution in [0.2, 0.25) is 0 Å². The van der Waals surface area contributed by atoms with Crippen molar-refractivity contribution in [1.29, 1.82) is 0 Å². The number of benzene rings is 2. The van der Waals surface area contributed by atoms with Crippen molar-refractivity contribution in [1.82, 2.24) is 15.2 Å². The van der Waals surface area contributed by atoms with Gasteiger partial charge in [0.05, 0.1) is 18.7 Å². The molecule has 7 heteroatoms. The van der Waals surface area contributed by atoms with Crippen molar-refractivity contribution < 1.29 is 9.53 Å². The SMILES string of the molecule is CCCn1nc(C(=O)NN=Cc2cccc(OC)c2)c2ccccc2c1=O. The quantitative estimate of drug-likeness (QED) is 0.538. The van der Waals surface area contributed by atoms with E-state index in [0.29, 0.717) is 23.1 Å². The zero-order chi connectivity index (χ0) is 19.2. The first-order valence-electron chi connectivity index (χ1n) is 8.61. The van der Waals surface area contributed by atoms with Crippen LogP contribution in [-0.4, -0.2) is 29.0 Å². The third-order valence-corrected chi connectivity index (χ3v) is 3.99. The minimum absolute atomic E-state index is 0.168. The van der Waals surface area contributed by atoms with Crippen molar-refractivity contribution in [3.63, 3.8) is 0 Å². The maximum atomic E-state index is 12.6. The second kappa shape index (κ2) is 8.27. The lowest BCUT2D eigenvalue weighted by Gasteiger charge is -2.09.